The Balaban J connectivity index is 1.42. The van der Waals surface area contributed by atoms with E-state index in [-0.39, 0.29) is 42.5 Å². The zero-order chi connectivity index (χ0) is 27.3. The summed E-state index contributed by atoms with van der Waals surface area (Å²) in [4.78, 5) is 5.09. The third-order valence-corrected chi connectivity index (χ3v) is 10.4. The van der Waals surface area contributed by atoms with Gasteiger partial charge in [-0.3, -0.25) is 9.80 Å². The fourth-order valence-corrected chi connectivity index (χ4v) is 8.29. The molecular formula is C31H42N2O6. The average Bonchev–Trinajstić information content (AvgIpc) is 2.98. The number of rotatable bonds is 6. The van der Waals surface area contributed by atoms with Crippen LogP contribution in [0.1, 0.15) is 47.2 Å². The molecule has 8 nitrogen and oxygen atoms in total. The lowest BCUT2D eigenvalue weighted by Crippen LogP contribution is -2.61. The molecule has 2 saturated heterocycles. The number of aliphatic hydroxyl groups excluding tert-OH is 2. The number of fused-ring (bicyclic) bond motifs is 6. The van der Waals surface area contributed by atoms with E-state index in [1.165, 1.54) is 22.3 Å². The Hall–Kier alpha value is -2.52. The molecular weight excluding hydrogens is 496 g/mol. The Morgan fingerprint density at radius 3 is 1.41 bits per heavy atom. The van der Waals surface area contributed by atoms with Crippen molar-refractivity contribution in [2.75, 3.05) is 67.8 Å². The number of ether oxygens (including phenoxy) is 4. The highest BCUT2D eigenvalue weighted by atomic mass is 16.5. The van der Waals surface area contributed by atoms with Gasteiger partial charge < -0.3 is 29.2 Å². The third kappa shape index (κ3) is 4.19. The van der Waals surface area contributed by atoms with Crippen LogP contribution >= 0.6 is 0 Å². The van der Waals surface area contributed by atoms with Crippen LogP contribution in [0.5, 0.6) is 23.0 Å². The van der Waals surface area contributed by atoms with Crippen LogP contribution in [0.25, 0.3) is 0 Å². The van der Waals surface area contributed by atoms with Crippen LogP contribution < -0.4 is 18.9 Å². The Morgan fingerprint density at radius 2 is 1.05 bits per heavy atom. The summed E-state index contributed by atoms with van der Waals surface area (Å²) in [5.41, 5.74) is 5.01. The Morgan fingerprint density at radius 1 is 0.667 bits per heavy atom. The number of hydrogen-bond acceptors (Lipinski definition) is 8. The van der Waals surface area contributed by atoms with Crippen molar-refractivity contribution in [1.29, 1.82) is 0 Å². The molecule has 2 aromatic rings. The molecule has 2 N–H and O–H groups in total. The number of methoxy groups -OCH3 is 4. The molecule has 39 heavy (non-hydrogen) atoms. The van der Waals surface area contributed by atoms with Gasteiger partial charge in [-0.25, -0.2) is 0 Å². The molecule has 0 aliphatic carbocycles. The molecule has 0 radical (unpaired) electrons. The van der Waals surface area contributed by atoms with Crippen molar-refractivity contribution in [3.05, 3.63) is 46.5 Å². The molecule has 0 amide bonds. The fraction of sp³-hybridized carbons (Fsp3) is 0.613. The summed E-state index contributed by atoms with van der Waals surface area (Å²) in [7, 11) is 6.76. The molecule has 2 aromatic carbocycles. The largest absolute Gasteiger partial charge is 0.493 e. The number of benzene rings is 2. The van der Waals surface area contributed by atoms with Gasteiger partial charge >= 0.3 is 0 Å². The zero-order valence-corrected chi connectivity index (χ0v) is 23.6. The number of aliphatic hydroxyl groups is 2. The maximum Gasteiger partial charge on any atom is 0.161 e. The van der Waals surface area contributed by atoms with Gasteiger partial charge in [0.2, 0.25) is 0 Å². The van der Waals surface area contributed by atoms with E-state index >= 15 is 0 Å². The summed E-state index contributed by atoms with van der Waals surface area (Å²) in [5, 5.41) is 21.6. The van der Waals surface area contributed by atoms with Crippen LogP contribution in [0.2, 0.25) is 0 Å². The number of hydrogen-bond donors (Lipinski definition) is 2. The van der Waals surface area contributed by atoms with Gasteiger partial charge in [0.1, 0.15) is 0 Å². The number of piperidine rings is 2. The maximum absolute atomic E-state index is 10.8. The smallest absolute Gasteiger partial charge is 0.161 e. The summed E-state index contributed by atoms with van der Waals surface area (Å²) >= 11 is 0. The van der Waals surface area contributed by atoms with Crippen molar-refractivity contribution in [3.8, 4) is 23.0 Å². The van der Waals surface area contributed by atoms with Crippen molar-refractivity contribution in [2.24, 2.45) is 17.3 Å². The Kier molecular flexibility index (Phi) is 7.16. The van der Waals surface area contributed by atoms with Crippen LogP contribution in [0.4, 0.5) is 0 Å². The second-order valence-electron chi connectivity index (χ2n) is 11.7. The first-order valence-corrected chi connectivity index (χ1v) is 14.2. The first-order chi connectivity index (χ1) is 19.0. The predicted octanol–water partition coefficient (Wildman–Crippen LogP) is 3.23. The molecule has 8 heteroatoms. The van der Waals surface area contributed by atoms with E-state index in [1.54, 1.807) is 28.4 Å². The highest BCUT2D eigenvalue weighted by molar-refractivity contribution is 5.51. The first-order valence-electron chi connectivity index (χ1n) is 14.2. The van der Waals surface area contributed by atoms with Crippen molar-refractivity contribution >= 4 is 0 Å². The highest BCUT2D eigenvalue weighted by Gasteiger charge is 2.56. The van der Waals surface area contributed by atoms with E-state index in [2.05, 4.69) is 34.1 Å². The van der Waals surface area contributed by atoms with E-state index in [0.29, 0.717) is 0 Å². The molecule has 4 aliphatic heterocycles. The minimum atomic E-state index is -0.199. The van der Waals surface area contributed by atoms with E-state index in [4.69, 9.17) is 18.9 Å². The van der Waals surface area contributed by atoms with Gasteiger partial charge in [0.25, 0.3) is 0 Å². The topological polar surface area (TPSA) is 83.9 Å². The minimum absolute atomic E-state index is 0.0975. The second-order valence-corrected chi connectivity index (χ2v) is 11.7. The molecule has 4 aliphatic rings. The summed E-state index contributed by atoms with van der Waals surface area (Å²) in [5.74, 6) is 3.25. The van der Waals surface area contributed by atoms with Gasteiger partial charge in [-0.2, -0.15) is 0 Å². The lowest BCUT2D eigenvalue weighted by molar-refractivity contribution is -0.135. The Labute approximate surface area is 231 Å². The molecule has 4 atom stereocenters. The van der Waals surface area contributed by atoms with Crippen LogP contribution in [0.15, 0.2) is 24.3 Å². The van der Waals surface area contributed by atoms with Gasteiger partial charge in [-0.15, -0.1) is 0 Å². The van der Waals surface area contributed by atoms with Crippen LogP contribution in [-0.4, -0.2) is 87.8 Å². The van der Waals surface area contributed by atoms with Gasteiger partial charge in [-0.1, -0.05) is 0 Å². The fourth-order valence-electron chi connectivity index (χ4n) is 8.29. The molecule has 212 valence electrons. The molecule has 4 unspecified atom stereocenters. The van der Waals surface area contributed by atoms with Crippen molar-refractivity contribution in [3.63, 3.8) is 0 Å². The molecule has 1 spiro atoms. The van der Waals surface area contributed by atoms with E-state index < -0.39 is 0 Å². The van der Waals surface area contributed by atoms with E-state index in [9.17, 15) is 10.2 Å². The summed E-state index contributed by atoms with van der Waals surface area (Å²) < 4.78 is 22.6. The number of nitrogens with zero attached hydrogens (tertiary/aromatic N) is 2. The monoisotopic (exact) mass is 538 g/mol. The summed E-state index contributed by atoms with van der Waals surface area (Å²) in [6.45, 7) is 3.83. The predicted molar refractivity (Wildman–Crippen MR) is 148 cm³/mol. The van der Waals surface area contributed by atoms with E-state index in [1.807, 2.05) is 0 Å². The van der Waals surface area contributed by atoms with Crippen LogP contribution in [0.3, 0.4) is 0 Å². The first kappa shape index (κ1) is 26.7. The normalized spacial score (nSPS) is 30.1. The molecule has 0 saturated carbocycles. The summed E-state index contributed by atoms with van der Waals surface area (Å²) in [6, 6.07) is 9.03. The van der Waals surface area contributed by atoms with Gasteiger partial charge in [0, 0.05) is 63.3 Å². The molecule has 2 fully saturated rings. The molecule has 0 aromatic heterocycles. The third-order valence-electron chi connectivity index (χ3n) is 10.4. The van der Waals surface area contributed by atoms with Crippen LogP contribution in [0, 0.1) is 17.3 Å². The van der Waals surface area contributed by atoms with Crippen molar-refractivity contribution in [2.45, 2.75) is 37.8 Å². The second kappa shape index (κ2) is 10.5. The van der Waals surface area contributed by atoms with Crippen LogP contribution in [-0.2, 0) is 12.8 Å². The maximum atomic E-state index is 10.8. The van der Waals surface area contributed by atoms with Gasteiger partial charge in [-0.05, 0) is 77.6 Å². The molecule has 4 heterocycles. The Bertz CT molecular complexity index is 1120. The lowest BCUT2D eigenvalue weighted by atomic mass is 9.54. The van der Waals surface area contributed by atoms with Crippen molar-refractivity contribution < 1.29 is 29.2 Å². The quantitative estimate of drug-likeness (QED) is 0.580. The van der Waals surface area contributed by atoms with Gasteiger partial charge in [0.15, 0.2) is 23.0 Å². The molecule has 0 bridgehead atoms. The zero-order valence-electron chi connectivity index (χ0n) is 23.6. The standard InChI is InChI=1S/C31H42N2O6/c1-36-27-9-19-5-7-32-15-21(17-34)31(13-25(32)23(19)11-29(27)38-3)14-26-24-12-30(39-4)28(37-2)10-20(24)6-8-33(26)16-22(31)18-35/h9-12,21-22,25-26,34-35H,5-8,13-18H2,1-4H3. The average molecular weight is 539 g/mol. The lowest BCUT2D eigenvalue weighted by Gasteiger charge is -2.61. The van der Waals surface area contributed by atoms with Gasteiger partial charge in [0.05, 0.1) is 28.4 Å². The highest BCUT2D eigenvalue weighted by Crippen LogP contribution is 2.59. The van der Waals surface area contributed by atoms with Crippen molar-refractivity contribution in [1.82, 2.24) is 9.80 Å². The SMILES string of the molecule is COc1cc2c(cc1OC)C1CC3(CC4c5cc(OC)c(OC)cc5CCN4CC3CO)C(CO)CN1CC2. The minimum Gasteiger partial charge on any atom is -0.493 e. The molecule has 6 rings (SSSR count). The summed E-state index contributed by atoms with van der Waals surface area (Å²) in [6.07, 6.45) is 3.70. The van der Waals surface area contributed by atoms with E-state index in [0.717, 1.165) is 74.9 Å².